The molecule has 0 fully saturated rings. The molecular weight excluding hydrogens is 462 g/mol. The zero-order valence-corrected chi connectivity index (χ0v) is 20.0. The molecular formula is C24H30F2N4O5. The molecule has 11 heteroatoms. The van der Waals surface area contributed by atoms with Crippen LogP contribution in [0.5, 0.6) is 11.5 Å². The van der Waals surface area contributed by atoms with Crippen molar-refractivity contribution in [1.82, 2.24) is 14.5 Å². The zero-order chi connectivity index (χ0) is 25.4. The Labute approximate surface area is 201 Å². The summed E-state index contributed by atoms with van der Waals surface area (Å²) in [6, 6.07) is 4.15. The minimum atomic E-state index is -0.948. The van der Waals surface area contributed by atoms with Gasteiger partial charge in [0.05, 0.1) is 12.6 Å². The second-order valence-corrected chi connectivity index (χ2v) is 8.03. The quantitative estimate of drug-likeness (QED) is 0.349. The molecule has 0 saturated carbocycles. The number of aliphatic hydroxyl groups excluding tert-OH is 1. The van der Waals surface area contributed by atoms with Gasteiger partial charge in [-0.05, 0) is 44.9 Å². The molecule has 35 heavy (non-hydrogen) atoms. The second-order valence-electron chi connectivity index (χ2n) is 8.03. The molecule has 2 N–H and O–H groups in total. The smallest absolute Gasteiger partial charge is 0.295 e. The molecule has 0 aliphatic rings. The molecule has 0 aliphatic heterocycles. The number of benzene rings is 1. The zero-order valence-electron chi connectivity index (χ0n) is 20.0. The van der Waals surface area contributed by atoms with Gasteiger partial charge in [-0.25, -0.2) is 13.8 Å². The molecule has 2 atom stereocenters. The van der Waals surface area contributed by atoms with E-state index in [-0.39, 0.29) is 29.7 Å². The van der Waals surface area contributed by atoms with Crippen LogP contribution in [0.3, 0.4) is 0 Å². The number of ether oxygens (including phenoxy) is 3. The summed E-state index contributed by atoms with van der Waals surface area (Å²) in [5.41, 5.74) is -0.352. The first-order valence-corrected chi connectivity index (χ1v) is 11.4. The Bertz CT molecular complexity index is 1190. The van der Waals surface area contributed by atoms with Gasteiger partial charge >= 0.3 is 0 Å². The van der Waals surface area contributed by atoms with Crippen LogP contribution in [-0.2, 0) is 16.0 Å². The van der Waals surface area contributed by atoms with E-state index >= 15 is 0 Å². The topological polar surface area (TPSA) is 108 Å². The summed E-state index contributed by atoms with van der Waals surface area (Å²) < 4.78 is 44.7. The highest BCUT2D eigenvalue weighted by Crippen LogP contribution is 2.25. The summed E-state index contributed by atoms with van der Waals surface area (Å²) in [5.74, 6) is -1.93. The number of methoxy groups -OCH3 is 1. The number of aliphatic hydroxyl groups is 1. The molecule has 9 nitrogen and oxygen atoms in total. The Morgan fingerprint density at radius 2 is 1.94 bits per heavy atom. The van der Waals surface area contributed by atoms with Crippen LogP contribution < -0.4 is 15.6 Å². The van der Waals surface area contributed by atoms with E-state index in [0.717, 1.165) is 12.1 Å². The van der Waals surface area contributed by atoms with Gasteiger partial charge in [0.15, 0.2) is 17.3 Å². The van der Waals surface area contributed by atoms with Crippen LogP contribution in [0.2, 0.25) is 0 Å². The highest BCUT2D eigenvalue weighted by molar-refractivity contribution is 5.77. The summed E-state index contributed by atoms with van der Waals surface area (Å²) in [6.45, 7) is 5.07. The Kier molecular flexibility index (Phi) is 9.47. The number of nitrogens with one attached hydrogen (secondary N) is 1. The number of halogens is 2. The lowest BCUT2D eigenvalue weighted by Crippen LogP contribution is -2.28. The van der Waals surface area contributed by atoms with E-state index < -0.39 is 23.3 Å². The lowest BCUT2D eigenvalue weighted by Gasteiger charge is -2.19. The Hall–Kier alpha value is -3.15. The number of anilines is 1. The van der Waals surface area contributed by atoms with Gasteiger partial charge in [0, 0.05) is 50.6 Å². The van der Waals surface area contributed by atoms with Crippen molar-refractivity contribution in [2.24, 2.45) is 0 Å². The van der Waals surface area contributed by atoms with Crippen LogP contribution in [0.1, 0.15) is 26.7 Å². The van der Waals surface area contributed by atoms with Gasteiger partial charge in [-0.15, -0.1) is 0 Å². The summed E-state index contributed by atoms with van der Waals surface area (Å²) in [4.78, 5) is 22.0. The number of nitrogens with zero attached hydrogens (tertiary/aromatic N) is 3. The average Bonchev–Trinajstić information content (AvgIpc) is 2.82. The van der Waals surface area contributed by atoms with E-state index in [2.05, 4.69) is 15.3 Å². The highest BCUT2D eigenvalue weighted by atomic mass is 19.1. The SMILES string of the molecule is CCOCCC(CCOC)Nc1ncc2cc(Oc3ccc(F)cc3F)c(=O)n(C[C@H](C)O)c2n1. The van der Waals surface area contributed by atoms with Crippen molar-refractivity contribution < 1.29 is 28.1 Å². The van der Waals surface area contributed by atoms with Crippen LogP contribution in [0.25, 0.3) is 11.0 Å². The number of fused-ring (bicyclic) bond motifs is 1. The molecule has 1 aromatic carbocycles. The third-order valence-electron chi connectivity index (χ3n) is 5.17. The van der Waals surface area contributed by atoms with E-state index in [1.165, 1.54) is 23.8 Å². The fraction of sp³-hybridized carbons (Fsp3) is 0.458. The molecule has 0 saturated heterocycles. The van der Waals surface area contributed by atoms with Crippen LogP contribution >= 0.6 is 0 Å². The van der Waals surface area contributed by atoms with E-state index in [1.54, 1.807) is 7.11 Å². The first-order chi connectivity index (χ1) is 16.8. The van der Waals surface area contributed by atoms with Crippen molar-refractivity contribution in [2.45, 2.75) is 45.4 Å². The first-order valence-electron chi connectivity index (χ1n) is 11.4. The van der Waals surface area contributed by atoms with Crippen LogP contribution in [-0.4, -0.2) is 58.7 Å². The van der Waals surface area contributed by atoms with Crippen molar-refractivity contribution in [3.8, 4) is 11.5 Å². The maximum absolute atomic E-state index is 14.1. The van der Waals surface area contributed by atoms with Gasteiger partial charge in [-0.1, -0.05) is 0 Å². The summed E-state index contributed by atoms with van der Waals surface area (Å²) in [6.07, 6.45) is 2.03. The van der Waals surface area contributed by atoms with Crippen molar-refractivity contribution in [3.63, 3.8) is 0 Å². The number of hydrogen-bond donors (Lipinski definition) is 2. The molecule has 3 aromatic rings. The maximum Gasteiger partial charge on any atom is 0.295 e. The molecule has 0 spiro atoms. The first kappa shape index (κ1) is 26.5. The van der Waals surface area contributed by atoms with Gasteiger partial charge in [0.25, 0.3) is 5.56 Å². The number of aromatic nitrogens is 3. The summed E-state index contributed by atoms with van der Waals surface area (Å²) >= 11 is 0. The van der Waals surface area contributed by atoms with Crippen molar-refractivity contribution >= 4 is 17.0 Å². The normalized spacial score (nSPS) is 13.1. The fourth-order valence-electron chi connectivity index (χ4n) is 3.49. The monoisotopic (exact) mass is 492 g/mol. The molecule has 0 radical (unpaired) electrons. The number of rotatable bonds is 13. The van der Waals surface area contributed by atoms with E-state index in [4.69, 9.17) is 14.2 Å². The predicted molar refractivity (Wildman–Crippen MR) is 127 cm³/mol. The minimum Gasteiger partial charge on any atom is -0.448 e. The van der Waals surface area contributed by atoms with Crippen LogP contribution in [0, 0.1) is 11.6 Å². The molecule has 2 aromatic heterocycles. The largest absolute Gasteiger partial charge is 0.448 e. The lowest BCUT2D eigenvalue weighted by atomic mass is 10.1. The third-order valence-corrected chi connectivity index (χ3v) is 5.17. The molecule has 0 aliphatic carbocycles. The van der Waals surface area contributed by atoms with Crippen LogP contribution in [0.4, 0.5) is 14.7 Å². The predicted octanol–water partition coefficient (Wildman–Crippen LogP) is 3.49. The molecule has 3 rings (SSSR count). The van der Waals surface area contributed by atoms with E-state index in [9.17, 15) is 18.7 Å². The Morgan fingerprint density at radius 3 is 2.63 bits per heavy atom. The number of pyridine rings is 1. The van der Waals surface area contributed by atoms with Crippen molar-refractivity contribution in [2.75, 3.05) is 32.2 Å². The van der Waals surface area contributed by atoms with Gasteiger partial charge in [0.1, 0.15) is 11.5 Å². The van der Waals surface area contributed by atoms with Gasteiger partial charge < -0.3 is 24.6 Å². The van der Waals surface area contributed by atoms with Gasteiger partial charge in [0.2, 0.25) is 5.95 Å². The lowest BCUT2D eigenvalue weighted by molar-refractivity contribution is 0.134. The van der Waals surface area contributed by atoms with E-state index in [0.29, 0.717) is 50.1 Å². The highest BCUT2D eigenvalue weighted by Gasteiger charge is 2.18. The molecule has 0 bridgehead atoms. The van der Waals surface area contributed by atoms with Crippen molar-refractivity contribution in [3.05, 3.63) is 52.5 Å². The standard InChI is InChI=1S/C24H30F2N4O5/c1-4-34-10-8-18(7-9-33-3)28-24-27-13-16-11-21(35-20-6-5-17(25)12-19(20)26)23(32)30(14-15(2)31)22(16)29-24/h5-6,11-13,15,18,31H,4,7-10,14H2,1-3H3,(H,27,28,29)/t15-,18?/m0/s1. The molecule has 2 heterocycles. The number of hydrogen-bond acceptors (Lipinski definition) is 8. The molecule has 190 valence electrons. The Morgan fingerprint density at radius 1 is 1.17 bits per heavy atom. The fourth-order valence-corrected chi connectivity index (χ4v) is 3.49. The van der Waals surface area contributed by atoms with E-state index in [1.807, 2.05) is 6.92 Å². The third kappa shape index (κ3) is 7.17. The average molecular weight is 493 g/mol. The summed E-state index contributed by atoms with van der Waals surface area (Å²) in [5, 5.41) is 13.7. The van der Waals surface area contributed by atoms with Gasteiger partial charge in [-0.3, -0.25) is 9.36 Å². The maximum atomic E-state index is 14.1. The Balaban J connectivity index is 1.97. The van der Waals surface area contributed by atoms with Crippen molar-refractivity contribution in [1.29, 1.82) is 0 Å². The van der Waals surface area contributed by atoms with Crippen LogP contribution in [0.15, 0.2) is 35.3 Å². The van der Waals surface area contributed by atoms with Gasteiger partial charge in [-0.2, -0.15) is 4.98 Å². The second kappa shape index (κ2) is 12.5. The molecule has 1 unspecified atom stereocenters. The molecule has 0 amide bonds. The summed E-state index contributed by atoms with van der Waals surface area (Å²) in [7, 11) is 1.62. The minimum absolute atomic E-state index is 0.0278.